The van der Waals surface area contributed by atoms with Gasteiger partial charge in [0, 0.05) is 98.3 Å². The van der Waals surface area contributed by atoms with E-state index in [1.165, 1.54) is 18.5 Å². The summed E-state index contributed by atoms with van der Waals surface area (Å²) in [6, 6.07) is 11.3. The molecule has 0 aliphatic carbocycles. The summed E-state index contributed by atoms with van der Waals surface area (Å²) in [4.78, 5) is 61.8. The predicted molar refractivity (Wildman–Crippen MR) is 301 cm³/mol. The number of hydrogen-bond acceptors (Lipinski definition) is 17. The monoisotopic (exact) mass is 1100 g/mol. The Bertz CT molecular complexity index is 3310. The molecule has 0 bridgehead atoms. The number of aryl methyl sites for hydroxylation is 1. The number of nitrogens with one attached hydrogen (secondary N) is 2. The molecule has 3 atom stereocenters. The highest BCUT2D eigenvalue weighted by Crippen LogP contribution is 2.41. The molecule has 2 amide bonds. The summed E-state index contributed by atoms with van der Waals surface area (Å²) in [5.41, 5.74) is 4.80. The molecular weight excluding hydrogens is 1030 g/mol. The van der Waals surface area contributed by atoms with Gasteiger partial charge < -0.3 is 34.2 Å². The standard InChI is InChI=1S/C57H74FN13O7S/c1-35-28-68(53-60-26-43(27-61-53)76-19-20-77-47-24-45-44(23-48(47)79(74,75)56(8,9)10)52(63-34-62-45)64-51-37(3)38(4)65-66-51)18-17-67(35)30-42-31-70(54(73)78-55(5,6)7)36(2)29-69(42)32-49(72)71-33-57(11,12)50-46(71)22-40(25-59-50)21-39-13-15-41(58)16-14-39/h13-16,22-27,34-36,42H,17-21,28-33H2,1-12H3,(H2,62,63,64,65,66)/t35-,36-,42+/m1/s1. The largest absolute Gasteiger partial charge is 0.489 e. The Morgan fingerprint density at radius 2 is 1.56 bits per heavy atom. The van der Waals surface area contributed by atoms with Gasteiger partial charge >= 0.3 is 6.09 Å². The number of amides is 2. The van der Waals surface area contributed by atoms with Gasteiger partial charge in [0.2, 0.25) is 11.9 Å². The minimum Gasteiger partial charge on any atom is -0.489 e. The number of H-pyrrole nitrogens is 1. The lowest BCUT2D eigenvalue weighted by Crippen LogP contribution is -2.65. The third-order valence-corrected chi connectivity index (χ3v) is 17.5. The molecule has 2 fully saturated rings. The maximum atomic E-state index is 14.6. The maximum Gasteiger partial charge on any atom is 0.410 e. The van der Waals surface area contributed by atoms with Crippen molar-refractivity contribution in [3.05, 3.63) is 101 Å². The van der Waals surface area contributed by atoms with Gasteiger partial charge in [-0.15, -0.1) is 0 Å². The first-order valence-electron chi connectivity index (χ1n) is 26.9. The molecule has 0 unspecified atom stereocenters. The second kappa shape index (κ2) is 22.2. The summed E-state index contributed by atoms with van der Waals surface area (Å²) in [5, 5.41) is 11.0. The molecular formula is C57H74FN13O7S. The molecule has 4 aromatic heterocycles. The fraction of sp³-hybridized carbons (Fsp3) is 0.509. The van der Waals surface area contributed by atoms with Gasteiger partial charge in [-0.3, -0.25) is 24.7 Å². The number of halogens is 1. The Balaban J connectivity index is 0.838. The van der Waals surface area contributed by atoms with Crippen molar-refractivity contribution in [2.75, 3.05) is 80.7 Å². The van der Waals surface area contributed by atoms with E-state index in [0.29, 0.717) is 86.5 Å². The van der Waals surface area contributed by atoms with Crippen molar-refractivity contribution in [3.63, 3.8) is 0 Å². The van der Waals surface area contributed by atoms with Crippen LogP contribution in [0, 0.1) is 19.7 Å². The van der Waals surface area contributed by atoms with Crippen LogP contribution in [0.25, 0.3) is 10.9 Å². The first-order chi connectivity index (χ1) is 37.2. The Hall–Kier alpha value is -7.04. The van der Waals surface area contributed by atoms with E-state index in [0.717, 1.165) is 33.8 Å². The van der Waals surface area contributed by atoms with Gasteiger partial charge in [-0.2, -0.15) is 5.10 Å². The average Bonchev–Trinajstić information content (AvgIpc) is 3.88. The summed E-state index contributed by atoms with van der Waals surface area (Å²) in [6.07, 6.45) is 6.67. The van der Waals surface area contributed by atoms with E-state index in [2.05, 4.69) is 70.9 Å². The molecule has 6 aromatic rings. The van der Waals surface area contributed by atoms with Crippen molar-refractivity contribution in [3.8, 4) is 11.5 Å². The highest BCUT2D eigenvalue weighted by molar-refractivity contribution is 7.92. The van der Waals surface area contributed by atoms with Crippen LogP contribution in [0.2, 0.25) is 0 Å². The Labute approximate surface area is 462 Å². The average molecular weight is 1100 g/mol. The number of benzene rings is 2. The number of hydrogen-bond donors (Lipinski definition) is 2. The highest BCUT2D eigenvalue weighted by Gasteiger charge is 2.43. The summed E-state index contributed by atoms with van der Waals surface area (Å²) in [7, 11) is -3.90. The van der Waals surface area contributed by atoms with Crippen LogP contribution in [0.1, 0.15) is 97.3 Å². The molecule has 2 saturated heterocycles. The van der Waals surface area contributed by atoms with Crippen molar-refractivity contribution in [2.24, 2.45) is 0 Å². The first-order valence-corrected chi connectivity index (χ1v) is 28.4. The van der Waals surface area contributed by atoms with E-state index < -0.39 is 20.2 Å². The number of aromatic nitrogens is 7. The molecule has 3 aliphatic heterocycles. The van der Waals surface area contributed by atoms with Crippen molar-refractivity contribution < 1.29 is 36.6 Å². The number of fused-ring (bicyclic) bond motifs is 2. The zero-order chi connectivity index (χ0) is 56.8. The van der Waals surface area contributed by atoms with Crippen LogP contribution in [0.15, 0.2) is 72.3 Å². The number of pyridine rings is 1. The minimum absolute atomic E-state index is 0.00723. The van der Waals surface area contributed by atoms with Gasteiger partial charge in [-0.05, 0) is 111 Å². The van der Waals surface area contributed by atoms with Gasteiger partial charge in [0.05, 0.1) is 40.6 Å². The van der Waals surface area contributed by atoms with Gasteiger partial charge in [0.15, 0.2) is 21.4 Å². The molecule has 79 heavy (non-hydrogen) atoms. The van der Waals surface area contributed by atoms with Crippen LogP contribution >= 0.6 is 0 Å². The van der Waals surface area contributed by atoms with Crippen LogP contribution in [-0.2, 0) is 31.2 Å². The van der Waals surface area contributed by atoms with Crippen LogP contribution < -0.4 is 24.6 Å². The van der Waals surface area contributed by atoms with E-state index in [1.54, 1.807) is 62.3 Å². The topological polar surface area (TPSA) is 217 Å². The van der Waals surface area contributed by atoms with Crippen molar-refractivity contribution >= 4 is 56.0 Å². The third-order valence-electron chi connectivity index (χ3n) is 15.0. The van der Waals surface area contributed by atoms with E-state index in [9.17, 15) is 22.4 Å². The van der Waals surface area contributed by atoms with E-state index in [1.807, 2.05) is 58.7 Å². The van der Waals surface area contributed by atoms with Crippen molar-refractivity contribution in [1.82, 2.24) is 49.8 Å². The zero-order valence-corrected chi connectivity index (χ0v) is 48.2. The van der Waals surface area contributed by atoms with Crippen LogP contribution in [0.4, 0.5) is 32.5 Å². The fourth-order valence-electron chi connectivity index (χ4n) is 10.4. The summed E-state index contributed by atoms with van der Waals surface area (Å²) in [6.45, 7) is 26.9. The minimum atomic E-state index is -3.90. The maximum absolute atomic E-state index is 14.6. The number of nitrogens with zero attached hydrogens (tertiary/aromatic N) is 11. The normalized spacial score (nSPS) is 19.2. The van der Waals surface area contributed by atoms with Crippen LogP contribution in [0.5, 0.6) is 11.5 Å². The SMILES string of the molecule is Cc1[nH]nc(Nc2ncnc3cc(OCCOc4cnc(N5CCN(C[C@H]6CN(C(=O)OC(C)(C)C)[C@H](C)CN6CC(=O)N6CC(C)(C)c7ncc(Cc8ccc(F)cc8)cc76)[C@H](C)C5)nc4)c(S(=O)(=O)C(C)(C)C)cc23)c1C. The molecule has 0 saturated carbocycles. The van der Waals surface area contributed by atoms with Gasteiger partial charge in [-0.25, -0.2) is 37.5 Å². The molecule has 0 radical (unpaired) electrons. The summed E-state index contributed by atoms with van der Waals surface area (Å²) < 4.78 is 58.6. The second-order valence-corrected chi connectivity index (χ2v) is 26.4. The van der Waals surface area contributed by atoms with Gasteiger partial charge in [-0.1, -0.05) is 26.0 Å². The Morgan fingerprint density at radius 3 is 2.23 bits per heavy atom. The Kier molecular flexibility index (Phi) is 16.0. The number of carbonyl (C=O) groups excluding carboxylic acids is 2. The molecule has 422 valence electrons. The lowest BCUT2D eigenvalue weighted by molar-refractivity contribution is -0.121. The quantitative estimate of drug-likeness (QED) is 0.0938. The molecule has 22 heteroatoms. The highest BCUT2D eigenvalue weighted by atomic mass is 32.2. The van der Waals surface area contributed by atoms with Crippen LogP contribution in [-0.4, -0.2) is 164 Å². The lowest BCUT2D eigenvalue weighted by atomic mass is 9.91. The molecule has 0 spiro atoms. The number of ether oxygens (including phenoxy) is 3. The smallest absolute Gasteiger partial charge is 0.410 e. The van der Waals surface area contributed by atoms with E-state index in [4.69, 9.17) is 19.2 Å². The second-order valence-electron chi connectivity index (χ2n) is 23.8. The van der Waals surface area contributed by atoms with E-state index in [-0.39, 0.29) is 71.8 Å². The van der Waals surface area contributed by atoms with Crippen molar-refractivity contribution in [1.29, 1.82) is 0 Å². The van der Waals surface area contributed by atoms with E-state index >= 15 is 0 Å². The third kappa shape index (κ3) is 12.6. The molecule has 3 aliphatic rings. The molecule has 2 aromatic carbocycles. The van der Waals surface area contributed by atoms with Crippen molar-refractivity contribution in [2.45, 2.75) is 128 Å². The molecule has 20 nitrogen and oxygen atoms in total. The zero-order valence-electron chi connectivity index (χ0n) is 47.4. The summed E-state index contributed by atoms with van der Waals surface area (Å²) >= 11 is 0. The Morgan fingerprint density at radius 1 is 0.835 bits per heavy atom. The number of sulfone groups is 1. The number of anilines is 4. The summed E-state index contributed by atoms with van der Waals surface area (Å²) in [5.74, 6) is 1.77. The number of aromatic amines is 1. The fourth-order valence-corrected chi connectivity index (χ4v) is 11.7. The van der Waals surface area contributed by atoms with Crippen LogP contribution in [0.3, 0.4) is 0 Å². The van der Waals surface area contributed by atoms with Gasteiger partial charge in [0.25, 0.3) is 0 Å². The molecule has 2 N–H and O–H groups in total. The molecule has 7 heterocycles. The first kappa shape index (κ1) is 56.7. The molecule has 9 rings (SSSR count). The number of rotatable bonds is 15. The number of piperazine rings is 2. The predicted octanol–water partition coefficient (Wildman–Crippen LogP) is 7.80. The number of carbonyl (C=O) groups is 2. The van der Waals surface area contributed by atoms with Gasteiger partial charge in [0.1, 0.15) is 47.4 Å². The lowest BCUT2D eigenvalue weighted by Gasteiger charge is -2.48.